The zero-order valence-corrected chi connectivity index (χ0v) is 21.4. The van der Waals surface area contributed by atoms with Crippen LogP contribution in [0.2, 0.25) is 0 Å². The highest BCUT2D eigenvalue weighted by Gasteiger charge is 2.30. The molecular weight excluding hydrogens is 507 g/mol. The number of rotatable bonds is 5. The molecule has 1 aromatic heterocycles. The van der Waals surface area contributed by atoms with E-state index in [2.05, 4.69) is 25.1 Å². The number of hydrogen-bond acceptors (Lipinski definition) is 6. The summed E-state index contributed by atoms with van der Waals surface area (Å²) in [6, 6.07) is 0.935. The number of nitrogens with one attached hydrogen (secondary N) is 1. The monoisotopic (exact) mass is 537 g/mol. The average Bonchev–Trinajstić information content (AvgIpc) is 3.34. The molecule has 2 amide bonds. The molecule has 1 saturated heterocycles. The molecule has 1 fully saturated rings. The van der Waals surface area contributed by atoms with Crippen LogP contribution < -0.4 is 10.7 Å². The highest BCUT2D eigenvalue weighted by Crippen LogP contribution is 2.22. The van der Waals surface area contributed by atoms with Crippen LogP contribution in [0.4, 0.5) is 13.2 Å². The van der Waals surface area contributed by atoms with Gasteiger partial charge < -0.3 is 29.4 Å². The molecule has 9 nitrogen and oxygen atoms in total. The Bertz CT molecular complexity index is 1230. The van der Waals surface area contributed by atoms with E-state index in [0.29, 0.717) is 25.2 Å². The van der Waals surface area contributed by atoms with Gasteiger partial charge in [-0.25, -0.2) is 13.2 Å². The number of hydrogen-bond donors (Lipinski definition) is 2. The first-order chi connectivity index (χ1) is 18.0. The number of aromatic nitrogens is 1. The molecule has 12 heteroatoms. The average molecular weight is 538 g/mol. The first kappa shape index (κ1) is 30.4. The van der Waals surface area contributed by atoms with E-state index in [0.717, 1.165) is 25.8 Å². The number of halogens is 3. The van der Waals surface area contributed by atoms with Crippen LogP contribution in [0, 0.1) is 30.3 Å². The lowest BCUT2D eigenvalue weighted by molar-refractivity contribution is -0.143. The van der Waals surface area contributed by atoms with Crippen LogP contribution in [0.5, 0.6) is 5.75 Å². The van der Waals surface area contributed by atoms with Gasteiger partial charge in [-0.1, -0.05) is 6.92 Å². The molecule has 206 valence electrons. The van der Waals surface area contributed by atoms with Crippen molar-refractivity contribution in [2.24, 2.45) is 0 Å². The maximum atomic E-state index is 13.7. The van der Waals surface area contributed by atoms with Gasteiger partial charge in [0.1, 0.15) is 23.0 Å². The van der Waals surface area contributed by atoms with Gasteiger partial charge in [0, 0.05) is 50.1 Å². The summed E-state index contributed by atoms with van der Waals surface area (Å²) in [6.07, 6.45) is 10.1. The van der Waals surface area contributed by atoms with Crippen molar-refractivity contribution < 1.29 is 37.3 Å². The van der Waals surface area contributed by atoms with Gasteiger partial charge in [-0.2, -0.15) is 0 Å². The SMILES string of the molecule is C#C.CCC1(C)OCCO1.CCN1CCn2cc(C(=O)NCc3c(F)cc(F)cc3F)c(=O)c(O)c2C1=O. The van der Waals surface area contributed by atoms with E-state index >= 15 is 0 Å². The summed E-state index contributed by atoms with van der Waals surface area (Å²) in [4.78, 5) is 38.4. The van der Waals surface area contributed by atoms with Gasteiger partial charge in [-0.05, 0) is 20.3 Å². The largest absolute Gasteiger partial charge is 0.503 e. The zero-order valence-electron chi connectivity index (χ0n) is 21.4. The quantitative estimate of drug-likeness (QED) is 0.568. The van der Waals surface area contributed by atoms with Gasteiger partial charge in [-0.3, -0.25) is 14.4 Å². The van der Waals surface area contributed by atoms with Gasteiger partial charge in [-0.15, -0.1) is 12.8 Å². The number of aromatic hydroxyl groups is 1. The molecule has 2 aliphatic rings. The van der Waals surface area contributed by atoms with E-state index in [9.17, 15) is 32.7 Å². The molecule has 0 saturated carbocycles. The summed E-state index contributed by atoms with van der Waals surface area (Å²) in [5, 5.41) is 12.3. The molecule has 1 aromatic carbocycles. The third-order valence-corrected chi connectivity index (χ3v) is 6.05. The van der Waals surface area contributed by atoms with E-state index in [4.69, 9.17) is 9.47 Å². The fourth-order valence-corrected chi connectivity index (χ4v) is 3.76. The van der Waals surface area contributed by atoms with E-state index in [1.807, 2.05) is 6.92 Å². The lowest BCUT2D eigenvalue weighted by Gasteiger charge is -2.29. The molecule has 4 rings (SSSR count). The van der Waals surface area contributed by atoms with Crippen LogP contribution >= 0.6 is 0 Å². The van der Waals surface area contributed by atoms with Gasteiger partial charge in [0.25, 0.3) is 11.8 Å². The molecule has 0 atom stereocenters. The number of terminal acetylenes is 1. The molecule has 2 aliphatic heterocycles. The van der Waals surface area contributed by atoms with Crippen molar-refractivity contribution in [3.05, 3.63) is 62.8 Å². The number of carbonyl (C=O) groups is 2. The number of benzene rings is 1. The van der Waals surface area contributed by atoms with Crippen LogP contribution in [0.1, 0.15) is 53.6 Å². The van der Waals surface area contributed by atoms with Gasteiger partial charge in [0.2, 0.25) is 5.43 Å². The Balaban J connectivity index is 0.000000428. The summed E-state index contributed by atoms with van der Waals surface area (Å²) >= 11 is 0. The normalized spacial score (nSPS) is 15.5. The first-order valence-electron chi connectivity index (χ1n) is 11.8. The number of nitrogens with zero attached hydrogens (tertiary/aromatic N) is 2. The van der Waals surface area contributed by atoms with Crippen molar-refractivity contribution in [2.45, 2.75) is 46.1 Å². The van der Waals surface area contributed by atoms with Crippen molar-refractivity contribution in [3.8, 4) is 18.6 Å². The molecule has 0 spiro atoms. The van der Waals surface area contributed by atoms with E-state index in [-0.39, 0.29) is 18.0 Å². The van der Waals surface area contributed by atoms with Crippen molar-refractivity contribution in [3.63, 3.8) is 0 Å². The van der Waals surface area contributed by atoms with E-state index < -0.39 is 58.1 Å². The Morgan fingerprint density at radius 3 is 2.18 bits per heavy atom. The Morgan fingerprint density at radius 2 is 1.68 bits per heavy atom. The Kier molecular flexibility index (Phi) is 10.5. The third-order valence-electron chi connectivity index (χ3n) is 6.05. The van der Waals surface area contributed by atoms with E-state index in [1.54, 1.807) is 6.92 Å². The Labute approximate surface area is 218 Å². The van der Waals surface area contributed by atoms with Gasteiger partial charge >= 0.3 is 0 Å². The standard InChI is InChI=1S/C18H16F3N3O4.C6H12O2.C2H2/c1-2-23-3-4-24-8-11(15(25)16(26)14(24)18(23)28)17(27)22-7-10-12(20)5-9(19)6-13(10)21;1-3-6(2)7-4-5-8-6;1-2/h5-6,8,26H,2-4,7H2,1H3,(H,22,27);3-5H2,1-2H3;1-2H. The molecule has 2 N–H and O–H groups in total. The van der Waals surface area contributed by atoms with E-state index in [1.165, 1.54) is 9.47 Å². The summed E-state index contributed by atoms with van der Waals surface area (Å²) in [6.45, 7) is 7.63. The predicted molar refractivity (Wildman–Crippen MR) is 132 cm³/mol. The summed E-state index contributed by atoms with van der Waals surface area (Å²) in [5.41, 5.74) is -2.35. The highest BCUT2D eigenvalue weighted by atomic mass is 19.1. The van der Waals surface area contributed by atoms with Crippen LogP contribution in [-0.2, 0) is 22.6 Å². The second kappa shape index (κ2) is 13.1. The fourth-order valence-electron chi connectivity index (χ4n) is 3.76. The molecule has 38 heavy (non-hydrogen) atoms. The maximum Gasteiger partial charge on any atom is 0.274 e. The lowest BCUT2D eigenvalue weighted by atomic mass is 10.1. The molecule has 0 radical (unpaired) electrons. The highest BCUT2D eigenvalue weighted by molar-refractivity contribution is 5.99. The van der Waals surface area contributed by atoms with Crippen molar-refractivity contribution in [2.75, 3.05) is 26.3 Å². The molecule has 0 unspecified atom stereocenters. The minimum Gasteiger partial charge on any atom is -0.503 e. The topological polar surface area (TPSA) is 110 Å². The van der Waals surface area contributed by atoms with Crippen LogP contribution in [0.3, 0.4) is 0 Å². The second-order valence-electron chi connectivity index (χ2n) is 8.36. The number of likely N-dealkylation sites (N-methyl/N-ethyl adjacent to an activating group) is 1. The van der Waals surface area contributed by atoms with Crippen LogP contribution in [0.25, 0.3) is 0 Å². The number of amides is 2. The second-order valence-corrected chi connectivity index (χ2v) is 8.36. The number of fused-ring (bicyclic) bond motifs is 1. The van der Waals surface area contributed by atoms with Crippen LogP contribution in [0.15, 0.2) is 23.1 Å². The number of carbonyl (C=O) groups excluding carboxylic acids is 2. The maximum absolute atomic E-state index is 13.7. The third kappa shape index (κ3) is 6.73. The fraction of sp³-hybridized carbons (Fsp3) is 0.423. The number of ether oxygens (including phenoxy) is 2. The number of pyridine rings is 1. The minimum absolute atomic E-state index is 0.217. The molecule has 0 aliphatic carbocycles. The molecule has 2 aromatic rings. The molecule has 3 heterocycles. The summed E-state index contributed by atoms with van der Waals surface area (Å²) in [7, 11) is 0. The zero-order chi connectivity index (χ0) is 28.6. The molecule has 0 bridgehead atoms. The van der Waals surface area contributed by atoms with Crippen molar-refractivity contribution in [1.82, 2.24) is 14.8 Å². The minimum atomic E-state index is -1.19. The molecular formula is C26H30F3N3O6. The Hall–Kier alpha value is -3.82. The predicted octanol–water partition coefficient (Wildman–Crippen LogP) is 2.79. The lowest BCUT2D eigenvalue weighted by Crippen LogP contribution is -2.42. The van der Waals surface area contributed by atoms with Crippen LogP contribution in [-0.4, -0.2) is 58.5 Å². The van der Waals surface area contributed by atoms with Crippen molar-refractivity contribution in [1.29, 1.82) is 0 Å². The Morgan fingerprint density at radius 1 is 1.11 bits per heavy atom. The van der Waals surface area contributed by atoms with Crippen molar-refractivity contribution >= 4 is 11.8 Å². The summed E-state index contributed by atoms with van der Waals surface area (Å²) in [5.74, 6) is -6.14. The first-order valence-corrected chi connectivity index (χ1v) is 11.8. The summed E-state index contributed by atoms with van der Waals surface area (Å²) < 4.78 is 52.1. The van der Waals surface area contributed by atoms with Gasteiger partial charge in [0.05, 0.1) is 13.2 Å². The van der Waals surface area contributed by atoms with Gasteiger partial charge in [0.15, 0.2) is 17.2 Å². The smallest absolute Gasteiger partial charge is 0.274 e.